The number of rotatable bonds is 13. The number of hydrogen-bond donors (Lipinski definition) is 3. The maximum absolute atomic E-state index is 11.6. The molecule has 0 heterocycles. The molecule has 0 unspecified atom stereocenters. The Morgan fingerprint density at radius 1 is 0.610 bits per heavy atom. The van der Waals surface area contributed by atoms with Gasteiger partial charge in [-0.15, -0.1) is 5.10 Å². The monoisotopic (exact) mass is 821 g/mol. The molecular weight excluding hydrogens is 761 g/mol. The van der Waals surface area contributed by atoms with Gasteiger partial charge in [0.15, 0.2) is 12.2 Å². The number of benzene rings is 3. The molecule has 0 saturated carbocycles. The summed E-state index contributed by atoms with van der Waals surface area (Å²) in [6, 6.07) is 20.7. The topological polar surface area (TPSA) is 231 Å². The second-order valence-corrected chi connectivity index (χ2v) is 14.6. The van der Waals surface area contributed by atoms with Crippen LogP contribution in [-0.2, 0) is 23.7 Å². The molecule has 59 heavy (non-hydrogen) atoms. The van der Waals surface area contributed by atoms with E-state index in [0.29, 0.717) is 42.2 Å². The number of nitrogens with zero attached hydrogens (tertiary/aromatic N) is 3. The van der Waals surface area contributed by atoms with Crippen LogP contribution in [0.4, 0.5) is 0 Å². The molecule has 0 spiro atoms. The molecule has 4 N–H and O–H groups in total. The van der Waals surface area contributed by atoms with E-state index in [2.05, 4.69) is 26.2 Å². The number of esters is 3. The van der Waals surface area contributed by atoms with Gasteiger partial charge in [-0.2, -0.15) is 10.2 Å². The van der Waals surface area contributed by atoms with Crippen molar-refractivity contribution < 1.29 is 49.7 Å². The maximum Gasteiger partial charge on any atom is 1.00 e. The van der Waals surface area contributed by atoms with Crippen molar-refractivity contribution >= 4 is 35.8 Å². The lowest BCUT2D eigenvalue weighted by atomic mass is 10.1. The highest BCUT2D eigenvalue weighted by Gasteiger charge is 2.11. The molecule has 2 atom stereocenters. The summed E-state index contributed by atoms with van der Waals surface area (Å²) in [7, 11) is 0. The number of carbonyl (C=O) groups is 3. The Hall–Kier alpha value is -6.00. The number of hydrogen-bond acceptors (Lipinski definition) is 16. The molecule has 0 aliphatic carbocycles. The molecule has 3 aromatic rings. The quantitative estimate of drug-likeness (QED) is 0.0478. The van der Waals surface area contributed by atoms with Gasteiger partial charge < -0.3 is 39.3 Å². The summed E-state index contributed by atoms with van der Waals surface area (Å²) in [5.74, 6) is 4.29. The van der Waals surface area contributed by atoms with Crippen molar-refractivity contribution in [1.82, 2.24) is 10.9 Å². The van der Waals surface area contributed by atoms with Crippen LogP contribution in [0.5, 0.6) is 0 Å². The zero-order chi connectivity index (χ0) is 44.8. The number of hydrazone groups is 1. The Morgan fingerprint density at radius 3 is 1.31 bits per heavy atom. The first-order valence-corrected chi connectivity index (χ1v) is 19.1. The first kappa shape index (κ1) is 51.0. The van der Waals surface area contributed by atoms with Crippen LogP contribution in [-0.4, -0.2) is 66.8 Å². The van der Waals surface area contributed by atoms with Crippen LogP contribution in [0, 0.1) is 0 Å². The van der Waals surface area contributed by atoms with Crippen LogP contribution in [0.3, 0.4) is 0 Å². The second-order valence-electron chi connectivity index (χ2n) is 14.6. The highest BCUT2D eigenvalue weighted by molar-refractivity contribution is 6.00. The molecule has 16 heteroatoms. The van der Waals surface area contributed by atoms with E-state index in [1.807, 2.05) is 26.0 Å². The van der Waals surface area contributed by atoms with Crippen LogP contribution in [0.25, 0.3) is 0 Å². The van der Waals surface area contributed by atoms with E-state index in [0.717, 1.165) is 16.7 Å². The molecule has 3 aromatic carbocycles. The Kier molecular flexibility index (Phi) is 21.9. The minimum atomic E-state index is -0.741. The first-order chi connectivity index (χ1) is 27.6. The molecular formula is C43H61N6O10-. The van der Waals surface area contributed by atoms with Crippen molar-refractivity contribution in [2.75, 3.05) is 19.8 Å². The number of carbonyl (C=O) groups excluding carboxylic acids is 3. The zero-order valence-corrected chi connectivity index (χ0v) is 36.2. The third-order valence-corrected chi connectivity index (χ3v) is 7.33. The van der Waals surface area contributed by atoms with Gasteiger partial charge in [-0.3, -0.25) is 11.3 Å². The summed E-state index contributed by atoms with van der Waals surface area (Å²) in [6.07, 6.45) is -1.41. The van der Waals surface area contributed by atoms with E-state index in [1.165, 1.54) is 0 Å². The van der Waals surface area contributed by atoms with Gasteiger partial charge >= 0.3 is 19.3 Å². The molecule has 3 rings (SSSR count). The zero-order valence-electron chi connectivity index (χ0n) is 37.2. The van der Waals surface area contributed by atoms with E-state index >= 15 is 0 Å². The third-order valence-electron chi connectivity index (χ3n) is 7.33. The summed E-state index contributed by atoms with van der Waals surface area (Å²) >= 11 is 0. The largest absolute Gasteiger partial charge is 1.00 e. The van der Waals surface area contributed by atoms with Gasteiger partial charge in [0.25, 0.3) is 0 Å². The van der Waals surface area contributed by atoms with Crippen LogP contribution in [0.15, 0.2) is 88.1 Å². The summed E-state index contributed by atoms with van der Waals surface area (Å²) in [5, 5.41) is 34.0. The average molecular weight is 822 g/mol. The van der Waals surface area contributed by atoms with Gasteiger partial charge in [0.05, 0.1) is 48.3 Å². The molecule has 0 aliphatic heterocycles. The van der Waals surface area contributed by atoms with Crippen LogP contribution < -0.4 is 26.9 Å². The van der Waals surface area contributed by atoms with E-state index in [9.17, 15) is 24.6 Å². The summed E-state index contributed by atoms with van der Waals surface area (Å²) in [4.78, 5) is 34.4. The standard InChI is InChI=1S/C16H24N2O4.C16H22N2O4.C11H16N2O2/c2*1-6-21-14(19)13-9-7-12(8-10-13)11(2)17-18-15(20)22-16(3,4)5;1-3-15-11(14)10-6-4-9(5-7-10)8(2)13-12/h7-11,17H,6H2,1-5H3,(H,18,20);7-10H,6H2,1-5H3,(H,18,20);4-8,13H,3,12H2,1-2H3/p-1/t11-;;8-/m0.0/s1. The van der Waals surface area contributed by atoms with Crippen LogP contribution in [0.2, 0.25) is 0 Å². The van der Waals surface area contributed by atoms with E-state index in [4.69, 9.17) is 29.5 Å². The van der Waals surface area contributed by atoms with Crippen molar-refractivity contribution in [2.24, 2.45) is 21.1 Å². The smallest absolute Gasteiger partial charge is 0.593 e. The molecule has 0 bridgehead atoms. The van der Waals surface area contributed by atoms with Gasteiger partial charge in [-0.25, -0.2) is 14.4 Å². The minimum absolute atomic E-state index is 0. The normalized spacial score (nSPS) is 12.9. The van der Waals surface area contributed by atoms with Crippen molar-refractivity contribution in [3.8, 4) is 0 Å². The van der Waals surface area contributed by atoms with Gasteiger partial charge in [0, 0.05) is 17.2 Å². The summed E-state index contributed by atoms with van der Waals surface area (Å²) in [5.41, 5.74) is 8.91. The van der Waals surface area contributed by atoms with Crippen molar-refractivity contribution in [2.45, 2.75) is 106 Å². The average Bonchev–Trinajstić information content (AvgIpc) is 3.18. The summed E-state index contributed by atoms with van der Waals surface area (Å²) < 4.78 is 24.8. The molecule has 0 aromatic heterocycles. The fraction of sp³-hybridized carbons (Fsp3) is 0.442. The van der Waals surface area contributed by atoms with Crippen molar-refractivity contribution in [3.63, 3.8) is 0 Å². The lowest BCUT2D eigenvalue weighted by molar-refractivity contribution is -0.262. The Labute approximate surface area is 349 Å². The number of nitrogens with two attached hydrogens (primary N) is 1. The predicted octanol–water partition coefficient (Wildman–Crippen LogP) is 5.58. The van der Waals surface area contributed by atoms with Gasteiger partial charge in [-0.05, 0) is 94.6 Å². The predicted molar refractivity (Wildman–Crippen MR) is 224 cm³/mol. The summed E-state index contributed by atoms with van der Waals surface area (Å²) in [6.45, 7) is 22.5. The molecule has 0 radical (unpaired) electrons. The molecule has 0 fully saturated rings. The fourth-order valence-electron chi connectivity index (χ4n) is 4.37. The first-order valence-electron chi connectivity index (χ1n) is 19.1. The highest BCUT2D eigenvalue weighted by atomic mass is 16.6. The second kappa shape index (κ2) is 25.4. The number of ether oxygens (including phenoxy) is 5. The minimum Gasteiger partial charge on any atom is -0.593 e. The molecule has 324 valence electrons. The molecule has 0 amide bonds. The van der Waals surface area contributed by atoms with Gasteiger partial charge in [0.1, 0.15) is 0 Å². The molecule has 0 aliphatic rings. The van der Waals surface area contributed by atoms with E-state index < -0.39 is 23.4 Å². The lowest BCUT2D eigenvalue weighted by Crippen LogP contribution is -2.33. The fourth-order valence-corrected chi connectivity index (χ4v) is 4.37. The van der Waals surface area contributed by atoms with Crippen LogP contribution >= 0.6 is 0 Å². The third kappa shape index (κ3) is 20.8. The number of nitrogens with one attached hydrogen (secondary N) is 2. The number of hydrazine groups is 1. The van der Waals surface area contributed by atoms with Gasteiger partial charge in [0.2, 0.25) is 0 Å². The van der Waals surface area contributed by atoms with Crippen molar-refractivity contribution in [1.29, 1.82) is 0 Å². The molecule has 0 saturated heterocycles. The molecule has 16 nitrogen and oxygen atoms in total. The van der Waals surface area contributed by atoms with E-state index in [-0.39, 0.29) is 31.4 Å². The Bertz CT molecular complexity index is 1840. The van der Waals surface area contributed by atoms with Gasteiger partial charge in [-0.1, -0.05) is 77.9 Å². The van der Waals surface area contributed by atoms with E-state index in [1.54, 1.807) is 130 Å². The maximum atomic E-state index is 11.6. The van der Waals surface area contributed by atoms with Crippen LogP contribution in [0.1, 0.15) is 144 Å². The Balaban J connectivity index is 0.000000880. The van der Waals surface area contributed by atoms with Crippen molar-refractivity contribution in [3.05, 3.63) is 106 Å². The SMILES string of the molecule is CCOC(=O)c1ccc(C(C)=NN=C([O-])OC(C)(C)C)cc1.CCOC(=O)c1ccc([C@H](C)NN)cc1.CCOC(=O)c1ccc([C@H](C)NN=C([O-])OC(C)(C)C)cc1.[H+]. The Morgan fingerprint density at radius 2 is 0.949 bits per heavy atom. The highest BCUT2D eigenvalue weighted by Crippen LogP contribution is 2.15. The lowest BCUT2D eigenvalue weighted by Gasteiger charge is -2.29.